The highest BCUT2D eigenvalue weighted by Gasteiger charge is 2.31. The molecule has 4 rings (SSSR count). The van der Waals surface area contributed by atoms with Crippen LogP contribution in [0.15, 0.2) is 54.4 Å². The molecular weight excluding hydrogens is 396 g/mol. The summed E-state index contributed by atoms with van der Waals surface area (Å²) in [6.07, 6.45) is 2.93. The Morgan fingerprint density at radius 1 is 1.06 bits per heavy atom. The standard InChI is InChI=1S/C24H26N2O5/c1-16(27)25-14-21(10-19-11-22(29-3)24-23(12-19)30-15-31-24)26(17(2)28)13-20(25)9-18-7-5-4-6-8-18/h4-8,11-12,14,20H,9-10,13,15H2,1-3H3. The van der Waals surface area contributed by atoms with E-state index in [-0.39, 0.29) is 24.6 Å². The molecule has 2 aliphatic rings. The summed E-state index contributed by atoms with van der Waals surface area (Å²) in [5.74, 6) is 1.68. The lowest BCUT2D eigenvalue weighted by atomic mass is 10.00. The van der Waals surface area contributed by atoms with Crippen molar-refractivity contribution in [1.82, 2.24) is 9.80 Å². The fraction of sp³-hybridized carbons (Fsp3) is 0.333. The van der Waals surface area contributed by atoms with Gasteiger partial charge < -0.3 is 24.0 Å². The van der Waals surface area contributed by atoms with E-state index in [1.807, 2.05) is 42.5 Å². The van der Waals surface area contributed by atoms with Crippen LogP contribution in [0.3, 0.4) is 0 Å². The van der Waals surface area contributed by atoms with E-state index in [0.717, 1.165) is 16.8 Å². The first-order valence-corrected chi connectivity index (χ1v) is 10.2. The van der Waals surface area contributed by atoms with Crippen LogP contribution >= 0.6 is 0 Å². The molecule has 0 bridgehead atoms. The van der Waals surface area contributed by atoms with Gasteiger partial charge in [-0.3, -0.25) is 9.59 Å². The van der Waals surface area contributed by atoms with Crippen LogP contribution < -0.4 is 14.2 Å². The molecule has 0 fully saturated rings. The van der Waals surface area contributed by atoms with E-state index < -0.39 is 0 Å². The fourth-order valence-corrected chi connectivity index (χ4v) is 4.12. The number of rotatable bonds is 5. The number of ether oxygens (including phenoxy) is 3. The zero-order valence-electron chi connectivity index (χ0n) is 18.0. The Morgan fingerprint density at radius 2 is 1.84 bits per heavy atom. The van der Waals surface area contributed by atoms with E-state index >= 15 is 0 Å². The third-order valence-corrected chi connectivity index (χ3v) is 5.58. The third-order valence-electron chi connectivity index (χ3n) is 5.58. The van der Waals surface area contributed by atoms with Crippen LogP contribution in [0.5, 0.6) is 17.2 Å². The molecule has 0 saturated heterocycles. The minimum Gasteiger partial charge on any atom is -0.493 e. The van der Waals surface area contributed by atoms with E-state index in [1.165, 1.54) is 0 Å². The molecule has 0 aromatic heterocycles. The Balaban J connectivity index is 1.65. The smallest absolute Gasteiger partial charge is 0.231 e. The summed E-state index contributed by atoms with van der Waals surface area (Å²) in [7, 11) is 1.58. The van der Waals surface area contributed by atoms with Crippen molar-refractivity contribution in [3.05, 3.63) is 65.5 Å². The number of amides is 2. The van der Waals surface area contributed by atoms with E-state index in [1.54, 1.807) is 37.0 Å². The summed E-state index contributed by atoms with van der Waals surface area (Å²) in [5, 5.41) is 0. The van der Waals surface area contributed by atoms with Crippen LogP contribution in [-0.4, -0.2) is 48.1 Å². The molecule has 0 radical (unpaired) electrons. The molecule has 0 saturated carbocycles. The minimum absolute atomic E-state index is 0.0510. The molecule has 2 amide bonds. The predicted molar refractivity (Wildman–Crippen MR) is 115 cm³/mol. The molecule has 2 heterocycles. The van der Waals surface area contributed by atoms with Crippen molar-refractivity contribution in [3.8, 4) is 17.2 Å². The highest BCUT2D eigenvalue weighted by Crippen LogP contribution is 2.42. The number of carbonyl (C=O) groups is 2. The number of hydrogen-bond acceptors (Lipinski definition) is 5. The maximum Gasteiger partial charge on any atom is 0.231 e. The first-order chi connectivity index (χ1) is 15.0. The molecule has 2 aliphatic heterocycles. The average molecular weight is 422 g/mol. The van der Waals surface area contributed by atoms with Gasteiger partial charge in [0.2, 0.25) is 24.4 Å². The molecule has 0 spiro atoms. The summed E-state index contributed by atoms with van der Waals surface area (Å²) in [6, 6.07) is 13.6. The van der Waals surface area contributed by atoms with E-state index in [2.05, 4.69) is 0 Å². The van der Waals surface area contributed by atoms with E-state index in [9.17, 15) is 9.59 Å². The van der Waals surface area contributed by atoms with Gasteiger partial charge in [-0.15, -0.1) is 0 Å². The first kappa shape index (κ1) is 20.8. The Kier molecular flexibility index (Phi) is 5.84. The maximum absolute atomic E-state index is 12.5. The number of methoxy groups -OCH3 is 1. The van der Waals surface area contributed by atoms with Gasteiger partial charge >= 0.3 is 0 Å². The normalized spacial score (nSPS) is 17.4. The number of benzene rings is 2. The summed E-state index contributed by atoms with van der Waals surface area (Å²) < 4.78 is 16.4. The van der Waals surface area contributed by atoms with Gasteiger partial charge in [0.15, 0.2) is 11.5 Å². The zero-order chi connectivity index (χ0) is 22.0. The Hall–Kier alpha value is -3.48. The highest BCUT2D eigenvalue weighted by molar-refractivity contribution is 5.78. The molecule has 31 heavy (non-hydrogen) atoms. The van der Waals surface area contributed by atoms with Gasteiger partial charge in [0, 0.05) is 38.7 Å². The maximum atomic E-state index is 12.5. The second-order valence-electron chi connectivity index (χ2n) is 7.73. The van der Waals surface area contributed by atoms with Crippen molar-refractivity contribution in [2.75, 3.05) is 20.4 Å². The van der Waals surface area contributed by atoms with E-state index in [4.69, 9.17) is 14.2 Å². The predicted octanol–water partition coefficient (Wildman–Crippen LogP) is 3.13. The van der Waals surface area contributed by atoms with Crippen molar-refractivity contribution in [2.24, 2.45) is 0 Å². The van der Waals surface area contributed by atoms with Gasteiger partial charge in [-0.25, -0.2) is 0 Å². The molecule has 0 N–H and O–H groups in total. The molecule has 0 aliphatic carbocycles. The lowest BCUT2D eigenvalue weighted by Gasteiger charge is -2.39. The van der Waals surface area contributed by atoms with Crippen LogP contribution in [0.2, 0.25) is 0 Å². The van der Waals surface area contributed by atoms with Crippen LogP contribution in [0, 0.1) is 0 Å². The summed E-state index contributed by atoms with van der Waals surface area (Å²) >= 11 is 0. The second-order valence-corrected chi connectivity index (χ2v) is 7.73. The monoisotopic (exact) mass is 422 g/mol. The molecule has 7 heteroatoms. The molecule has 1 unspecified atom stereocenters. The minimum atomic E-state index is -0.126. The average Bonchev–Trinajstić information content (AvgIpc) is 3.23. The van der Waals surface area contributed by atoms with Gasteiger partial charge in [0.1, 0.15) is 0 Å². The third kappa shape index (κ3) is 4.35. The first-order valence-electron chi connectivity index (χ1n) is 10.2. The Bertz CT molecular complexity index is 1020. The van der Waals surface area contributed by atoms with Gasteiger partial charge in [-0.05, 0) is 29.7 Å². The Labute approximate surface area is 181 Å². The van der Waals surface area contributed by atoms with Crippen molar-refractivity contribution in [2.45, 2.75) is 32.7 Å². The molecule has 7 nitrogen and oxygen atoms in total. The second kappa shape index (κ2) is 8.71. The van der Waals surface area contributed by atoms with Gasteiger partial charge in [-0.1, -0.05) is 30.3 Å². The zero-order valence-corrected chi connectivity index (χ0v) is 18.0. The van der Waals surface area contributed by atoms with Gasteiger partial charge in [0.05, 0.1) is 13.2 Å². The van der Waals surface area contributed by atoms with Gasteiger partial charge in [0.25, 0.3) is 0 Å². The Morgan fingerprint density at radius 3 is 2.52 bits per heavy atom. The van der Waals surface area contributed by atoms with Crippen molar-refractivity contribution < 1.29 is 23.8 Å². The van der Waals surface area contributed by atoms with Crippen molar-refractivity contribution >= 4 is 11.8 Å². The molecular formula is C24H26N2O5. The SMILES string of the molecule is COc1cc(CC2=CN(C(C)=O)C(Cc3ccccc3)CN2C(C)=O)cc2c1OCO2. The molecule has 2 aromatic carbocycles. The fourth-order valence-electron chi connectivity index (χ4n) is 4.12. The number of fused-ring (bicyclic) bond motifs is 1. The highest BCUT2D eigenvalue weighted by atomic mass is 16.7. The lowest BCUT2D eigenvalue weighted by Crippen LogP contribution is -2.50. The molecule has 1 atom stereocenters. The van der Waals surface area contributed by atoms with Crippen LogP contribution in [-0.2, 0) is 22.4 Å². The van der Waals surface area contributed by atoms with Crippen molar-refractivity contribution in [3.63, 3.8) is 0 Å². The van der Waals surface area contributed by atoms with E-state index in [0.29, 0.717) is 36.6 Å². The van der Waals surface area contributed by atoms with Gasteiger partial charge in [-0.2, -0.15) is 0 Å². The topological polar surface area (TPSA) is 68.3 Å². The number of carbonyl (C=O) groups excluding carboxylic acids is 2. The quantitative estimate of drug-likeness (QED) is 0.741. The van der Waals surface area contributed by atoms with Crippen LogP contribution in [0.25, 0.3) is 0 Å². The summed E-state index contributed by atoms with van der Waals surface area (Å²) in [6.45, 7) is 3.70. The largest absolute Gasteiger partial charge is 0.493 e. The lowest BCUT2D eigenvalue weighted by molar-refractivity contribution is -0.134. The molecule has 2 aromatic rings. The van der Waals surface area contributed by atoms with Crippen molar-refractivity contribution in [1.29, 1.82) is 0 Å². The number of allylic oxidation sites excluding steroid dienone is 1. The van der Waals surface area contributed by atoms with Crippen LogP contribution in [0.1, 0.15) is 25.0 Å². The number of hydrogen-bond donors (Lipinski definition) is 0. The summed E-state index contributed by atoms with van der Waals surface area (Å²) in [5.41, 5.74) is 2.79. The number of nitrogens with zero attached hydrogens (tertiary/aromatic N) is 2. The van der Waals surface area contributed by atoms with Crippen LogP contribution in [0.4, 0.5) is 0 Å². The summed E-state index contributed by atoms with van der Waals surface area (Å²) in [4.78, 5) is 28.4. The molecule has 162 valence electrons.